The lowest BCUT2D eigenvalue weighted by Gasteiger charge is -2.08. The smallest absolute Gasteiger partial charge is 0.273 e. The van der Waals surface area contributed by atoms with Crippen molar-refractivity contribution in [3.05, 3.63) is 59.5 Å². The Morgan fingerprint density at radius 1 is 1.37 bits per heavy atom. The molecule has 0 aliphatic rings. The molecule has 0 bridgehead atoms. The SMILES string of the molecule is Cc1ccoc1C=NNC(=O)C(O)c1ccccc1. The van der Waals surface area contributed by atoms with Gasteiger partial charge in [-0.3, -0.25) is 4.79 Å². The average molecular weight is 258 g/mol. The van der Waals surface area contributed by atoms with E-state index in [1.54, 1.807) is 30.3 Å². The van der Waals surface area contributed by atoms with E-state index in [2.05, 4.69) is 10.5 Å². The molecular weight excluding hydrogens is 244 g/mol. The van der Waals surface area contributed by atoms with Crippen LogP contribution < -0.4 is 5.43 Å². The van der Waals surface area contributed by atoms with E-state index in [-0.39, 0.29) is 0 Å². The first-order chi connectivity index (χ1) is 9.18. The fraction of sp³-hybridized carbons (Fsp3) is 0.143. The van der Waals surface area contributed by atoms with E-state index in [1.165, 1.54) is 12.5 Å². The molecule has 1 aromatic heterocycles. The summed E-state index contributed by atoms with van der Waals surface area (Å²) < 4.78 is 5.13. The van der Waals surface area contributed by atoms with E-state index in [9.17, 15) is 9.90 Å². The summed E-state index contributed by atoms with van der Waals surface area (Å²) in [6, 6.07) is 10.5. The molecule has 2 rings (SSSR count). The zero-order valence-corrected chi connectivity index (χ0v) is 10.4. The Bertz CT molecular complexity index is 575. The minimum absolute atomic E-state index is 0.518. The van der Waals surface area contributed by atoms with E-state index in [0.29, 0.717) is 11.3 Å². The van der Waals surface area contributed by atoms with Crippen LogP contribution in [0.3, 0.4) is 0 Å². The van der Waals surface area contributed by atoms with Crippen LogP contribution in [0, 0.1) is 6.92 Å². The number of hydrogen-bond donors (Lipinski definition) is 2. The highest BCUT2D eigenvalue weighted by molar-refractivity contribution is 5.84. The van der Waals surface area contributed by atoms with Crippen molar-refractivity contribution in [2.24, 2.45) is 5.10 Å². The summed E-state index contributed by atoms with van der Waals surface area (Å²) in [5.74, 6) is -0.0267. The van der Waals surface area contributed by atoms with Gasteiger partial charge in [-0.2, -0.15) is 5.10 Å². The van der Waals surface area contributed by atoms with Gasteiger partial charge in [-0.05, 0) is 24.1 Å². The van der Waals surface area contributed by atoms with Gasteiger partial charge in [-0.1, -0.05) is 30.3 Å². The third-order valence-electron chi connectivity index (χ3n) is 2.62. The summed E-state index contributed by atoms with van der Waals surface area (Å²) in [5.41, 5.74) is 3.70. The predicted molar refractivity (Wildman–Crippen MR) is 70.6 cm³/mol. The number of benzene rings is 1. The zero-order valence-electron chi connectivity index (χ0n) is 10.4. The van der Waals surface area contributed by atoms with Gasteiger partial charge in [0, 0.05) is 0 Å². The van der Waals surface area contributed by atoms with Crippen molar-refractivity contribution in [1.29, 1.82) is 0 Å². The first kappa shape index (κ1) is 13.0. The second-order valence-corrected chi connectivity index (χ2v) is 4.02. The zero-order chi connectivity index (χ0) is 13.7. The van der Waals surface area contributed by atoms with Gasteiger partial charge >= 0.3 is 0 Å². The van der Waals surface area contributed by atoms with E-state index in [0.717, 1.165) is 5.56 Å². The minimum Gasteiger partial charge on any atom is -0.463 e. The van der Waals surface area contributed by atoms with Crippen LogP contribution in [0.2, 0.25) is 0 Å². The number of aliphatic hydroxyl groups is 1. The number of nitrogens with zero attached hydrogens (tertiary/aromatic N) is 1. The van der Waals surface area contributed by atoms with Crippen LogP contribution >= 0.6 is 0 Å². The molecule has 19 heavy (non-hydrogen) atoms. The molecule has 1 amide bonds. The average Bonchev–Trinajstić information content (AvgIpc) is 2.84. The largest absolute Gasteiger partial charge is 0.463 e. The first-order valence-electron chi connectivity index (χ1n) is 5.78. The van der Waals surface area contributed by atoms with Gasteiger partial charge < -0.3 is 9.52 Å². The monoisotopic (exact) mass is 258 g/mol. The van der Waals surface area contributed by atoms with Crippen molar-refractivity contribution >= 4 is 12.1 Å². The van der Waals surface area contributed by atoms with Crippen molar-refractivity contribution < 1.29 is 14.3 Å². The lowest BCUT2D eigenvalue weighted by molar-refractivity contribution is -0.129. The van der Waals surface area contributed by atoms with Crippen molar-refractivity contribution in [2.45, 2.75) is 13.0 Å². The number of carbonyl (C=O) groups excluding carboxylic acids is 1. The molecule has 0 aliphatic carbocycles. The number of hydrazone groups is 1. The van der Waals surface area contributed by atoms with Gasteiger partial charge in [-0.25, -0.2) is 5.43 Å². The summed E-state index contributed by atoms with van der Waals surface area (Å²) in [7, 11) is 0. The number of aliphatic hydroxyl groups excluding tert-OH is 1. The highest BCUT2D eigenvalue weighted by Crippen LogP contribution is 2.11. The summed E-state index contributed by atoms with van der Waals surface area (Å²) in [5, 5.41) is 13.5. The number of nitrogens with one attached hydrogen (secondary N) is 1. The van der Waals surface area contributed by atoms with Gasteiger partial charge in [0.1, 0.15) is 5.76 Å². The van der Waals surface area contributed by atoms with Crippen molar-refractivity contribution in [2.75, 3.05) is 0 Å². The van der Waals surface area contributed by atoms with E-state index in [1.807, 2.05) is 13.0 Å². The maximum absolute atomic E-state index is 11.7. The first-order valence-corrected chi connectivity index (χ1v) is 5.78. The molecule has 1 unspecified atom stereocenters. The molecule has 0 saturated heterocycles. The van der Waals surface area contributed by atoms with Gasteiger partial charge in [0.2, 0.25) is 0 Å². The van der Waals surface area contributed by atoms with Gasteiger partial charge in [0.15, 0.2) is 6.10 Å². The van der Waals surface area contributed by atoms with E-state index in [4.69, 9.17) is 4.42 Å². The number of hydrogen-bond acceptors (Lipinski definition) is 4. The normalized spacial score (nSPS) is 12.5. The number of rotatable bonds is 4. The van der Waals surface area contributed by atoms with Crippen LogP contribution in [0.15, 0.2) is 52.2 Å². The Hall–Kier alpha value is -2.40. The number of aryl methyl sites for hydroxylation is 1. The molecule has 2 aromatic rings. The third kappa shape index (κ3) is 3.29. The Labute approximate surface area is 110 Å². The Morgan fingerprint density at radius 3 is 2.74 bits per heavy atom. The summed E-state index contributed by atoms with van der Waals surface area (Å²) in [4.78, 5) is 11.7. The topological polar surface area (TPSA) is 74.8 Å². The minimum atomic E-state index is -1.24. The van der Waals surface area contributed by atoms with Crippen LogP contribution in [-0.2, 0) is 4.79 Å². The molecule has 1 heterocycles. The lowest BCUT2D eigenvalue weighted by atomic mass is 10.1. The second kappa shape index (κ2) is 5.97. The Kier molecular flexibility index (Phi) is 4.10. The maximum atomic E-state index is 11.7. The molecule has 1 aromatic carbocycles. The van der Waals surface area contributed by atoms with Gasteiger partial charge in [0.25, 0.3) is 5.91 Å². The van der Waals surface area contributed by atoms with Crippen LogP contribution in [0.25, 0.3) is 0 Å². The third-order valence-corrected chi connectivity index (χ3v) is 2.62. The van der Waals surface area contributed by atoms with E-state index < -0.39 is 12.0 Å². The molecular formula is C14H14N2O3. The number of furan rings is 1. The summed E-state index contributed by atoms with van der Waals surface area (Å²) in [6.45, 7) is 1.87. The lowest BCUT2D eigenvalue weighted by Crippen LogP contribution is -2.25. The van der Waals surface area contributed by atoms with Crippen LogP contribution in [0.5, 0.6) is 0 Å². The van der Waals surface area contributed by atoms with Crippen molar-refractivity contribution in [3.8, 4) is 0 Å². The van der Waals surface area contributed by atoms with Crippen molar-refractivity contribution in [3.63, 3.8) is 0 Å². The summed E-state index contributed by atoms with van der Waals surface area (Å²) >= 11 is 0. The highest BCUT2D eigenvalue weighted by Gasteiger charge is 2.15. The highest BCUT2D eigenvalue weighted by atomic mass is 16.3. The molecule has 5 nitrogen and oxygen atoms in total. The molecule has 0 saturated carbocycles. The van der Waals surface area contributed by atoms with Crippen LogP contribution in [-0.4, -0.2) is 17.2 Å². The fourth-order valence-electron chi connectivity index (χ4n) is 1.52. The maximum Gasteiger partial charge on any atom is 0.273 e. The molecule has 98 valence electrons. The van der Waals surface area contributed by atoms with Gasteiger partial charge in [-0.15, -0.1) is 0 Å². The Morgan fingerprint density at radius 2 is 2.11 bits per heavy atom. The quantitative estimate of drug-likeness (QED) is 0.648. The molecule has 0 radical (unpaired) electrons. The molecule has 1 atom stereocenters. The van der Waals surface area contributed by atoms with E-state index >= 15 is 0 Å². The predicted octanol–water partition coefficient (Wildman–Crippen LogP) is 1.77. The van der Waals surface area contributed by atoms with Crippen LogP contribution in [0.4, 0.5) is 0 Å². The number of carbonyl (C=O) groups is 1. The standard InChI is InChI=1S/C14H14N2O3/c1-10-7-8-19-12(10)9-15-16-14(18)13(17)11-5-3-2-4-6-11/h2-9,13,17H,1H3,(H,16,18). The fourth-order valence-corrected chi connectivity index (χ4v) is 1.52. The summed E-state index contributed by atoms with van der Waals surface area (Å²) in [6.07, 6.45) is 1.69. The molecule has 0 spiro atoms. The Balaban J connectivity index is 1.95. The van der Waals surface area contributed by atoms with Crippen LogP contribution in [0.1, 0.15) is 23.0 Å². The molecule has 5 heteroatoms. The number of amides is 1. The molecule has 2 N–H and O–H groups in total. The van der Waals surface area contributed by atoms with Crippen molar-refractivity contribution in [1.82, 2.24) is 5.43 Å². The molecule has 0 aliphatic heterocycles. The molecule has 0 fully saturated rings. The van der Waals surface area contributed by atoms with Gasteiger partial charge in [0.05, 0.1) is 12.5 Å². The second-order valence-electron chi connectivity index (χ2n) is 4.02.